The molecule has 20 heavy (non-hydrogen) atoms. The van der Waals surface area contributed by atoms with Crippen LogP contribution in [0.2, 0.25) is 0 Å². The first kappa shape index (κ1) is 13.9. The zero-order valence-corrected chi connectivity index (χ0v) is 10.2. The average molecular weight is 280 g/mol. The summed E-state index contributed by atoms with van der Waals surface area (Å²) < 4.78 is 42.6. The lowest BCUT2D eigenvalue weighted by Gasteiger charge is -2.09. The monoisotopic (exact) mass is 280 g/mol. The molecule has 0 aliphatic rings. The van der Waals surface area contributed by atoms with Crippen LogP contribution in [0.3, 0.4) is 0 Å². The maximum Gasteiger partial charge on any atom is 0.416 e. The van der Waals surface area contributed by atoms with Crippen molar-refractivity contribution in [2.75, 3.05) is 0 Å². The molecular weight excluding hydrogens is 269 g/mol. The number of benzene rings is 2. The van der Waals surface area contributed by atoms with E-state index in [1.807, 2.05) is 0 Å². The number of hydrogen-bond donors (Lipinski definition) is 2. The molecule has 3 nitrogen and oxygen atoms in total. The lowest BCUT2D eigenvalue weighted by Crippen LogP contribution is -2.10. The molecule has 2 aromatic rings. The summed E-state index contributed by atoms with van der Waals surface area (Å²) in [6, 6.07) is 10.8. The van der Waals surface area contributed by atoms with Gasteiger partial charge in [-0.15, -0.1) is 0 Å². The summed E-state index contributed by atoms with van der Waals surface area (Å²) >= 11 is 0. The van der Waals surface area contributed by atoms with Gasteiger partial charge in [-0.3, -0.25) is 5.41 Å². The summed E-state index contributed by atoms with van der Waals surface area (Å²) in [6.07, 6.45) is -4.36. The fourth-order valence-electron chi connectivity index (χ4n) is 1.55. The highest BCUT2D eigenvalue weighted by Gasteiger charge is 2.30. The molecule has 0 aliphatic heterocycles. The van der Waals surface area contributed by atoms with E-state index in [0.717, 1.165) is 12.1 Å². The van der Waals surface area contributed by atoms with Crippen LogP contribution in [-0.2, 0) is 6.18 Å². The Hall–Kier alpha value is -2.50. The third-order valence-electron chi connectivity index (χ3n) is 2.58. The van der Waals surface area contributed by atoms with Crippen molar-refractivity contribution in [2.45, 2.75) is 6.18 Å². The van der Waals surface area contributed by atoms with Gasteiger partial charge in [0.15, 0.2) is 0 Å². The molecule has 3 N–H and O–H groups in total. The fourth-order valence-corrected chi connectivity index (χ4v) is 1.55. The van der Waals surface area contributed by atoms with E-state index in [2.05, 4.69) is 0 Å². The van der Waals surface area contributed by atoms with Crippen LogP contribution in [0.4, 0.5) is 13.2 Å². The SMILES string of the molecule is N=C(N)c1ccc(Oc2ccc(C(F)(F)F)cc2)cc1. The minimum absolute atomic E-state index is 0.0638. The standard InChI is InChI=1S/C14H11F3N2O/c15-14(16,17)10-3-7-12(8-4-10)20-11-5-1-9(2-6-11)13(18)19/h1-8H,(H3,18,19). The number of nitrogens with one attached hydrogen (secondary N) is 1. The van der Waals surface area contributed by atoms with Gasteiger partial charge in [0.1, 0.15) is 17.3 Å². The van der Waals surface area contributed by atoms with Gasteiger partial charge in [0, 0.05) is 5.56 Å². The van der Waals surface area contributed by atoms with Crippen molar-refractivity contribution in [2.24, 2.45) is 5.73 Å². The van der Waals surface area contributed by atoms with Crippen LogP contribution in [-0.4, -0.2) is 5.84 Å². The second kappa shape index (κ2) is 5.24. The van der Waals surface area contributed by atoms with Crippen LogP contribution in [0.1, 0.15) is 11.1 Å². The van der Waals surface area contributed by atoms with Crippen molar-refractivity contribution < 1.29 is 17.9 Å². The molecule has 0 radical (unpaired) electrons. The first-order chi connectivity index (χ1) is 9.36. The number of rotatable bonds is 3. The minimum atomic E-state index is -4.36. The third kappa shape index (κ3) is 3.28. The fraction of sp³-hybridized carbons (Fsp3) is 0.0714. The van der Waals surface area contributed by atoms with E-state index in [1.165, 1.54) is 12.1 Å². The molecule has 104 valence electrons. The molecule has 0 aliphatic carbocycles. The highest BCUT2D eigenvalue weighted by molar-refractivity contribution is 5.94. The van der Waals surface area contributed by atoms with Crippen molar-refractivity contribution in [1.82, 2.24) is 0 Å². The molecular formula is C14H11F3N2O. The second-order valence-electron chi connectivity index (χ2n) is 4.06. The highest BCUT2D eigenvalue weighted by Crippen LogP contribution is 2.31. The summed E-state index contributed by atoms with van der Waals surface area (Å²) in [7, 11) is 0. The number of alkyl halides is 3. The zero-order chi connectivity index (χ0) is 14.8. The number of ether oxygens (including phenoxy) is 1. The molecule has 0 bridgehead atoms. The van der Waals surface area contributed by atoms with E-state index >= 15 is 0 Å². The topological polar surface area (TPSA) is 59.1 Å². The molecule has 0 fully saturated rings. The Morgan fingerprint density at radius 3 is 1.75 bits per heavy atom. The van der Waals surface area contributed by atoms with E-state index in [9.17, 15) is 13.2 Å². The van der Waals surface area contributed by atoms with Gasteiger partial charge in [-0.25, -0.2) is 0 Å². The van der Waals surface area contributed by atoms with Gasteiger partial charge >= 0.3 is 6.18 Å². The van der Waals surface area contributed by atoms with Gasteiger partial charge in [-0.2, -0.15) is 13.2 Å². The number of hydrogen-bond acceptors (Lipinski definition) is 2. The van der Waals surface area contributed by atoms with E-state index in [4.69, 9.17) is 15.9 Å². The van der Waals surface area contributed by atoms with Crippen LogP contribution < -0.4 is 10.5 Å². The lowest BCUT2D eigenvalue weighted by atomic mass is 10.2. The van der Waals surface area contributed by atoms with E-state index < -0.39 is 11.7 Å². The van der Waals surface area contributed by atoms with E-state index in [1.54, 1.807) is 24.3 Å². The van der Waals surface area contributed by atoms with E-state index in [-0.39, 0.29) is 5.84 Å². The second-order valence-corrected chi connectivity index (χ2v) is 4.06. The molecule has 6 heteroatoms. The number of nitrogens with two attached hydrogens (primary N) is 1. The van der Waals surface area contributed by atoms with Gasteiger partial charge in [0.25, 0.3) is 0 Å². The molecule has 0 saturated carbocycles. The Kier molecular flexibility index (Phi) is 3.65. The number of nitrogen functional groups attached to an aromatic ring is 1. The smallest absolute Gasteiger partial charge is 0.416 e. The molecule has 0 spiro atoms. The molecule has 2 rings (SSSR count). The Morgan fingerprint density at radius 1 is 0.900 bits per heavy atom. The van der Waals surface area contributed by atoms with Gasteiger partial charge in [-0.1, -0.05) is 0 Å². The summed E-state index contributed by atoms with van der Waals surface area (Å²) in [6.45, 7) is 0. The maximum absolute atomic E-state index is 12.4. The predicted molar refractivity (Wildman–Crippen MR) is 69.0 cm³/mol. The number of halogens is 3. The van der Waals surface area contributed by atoms with Crippen molar-refractivity contribution in [3.8, 4) is 11.5 Å². The molecule has 0 unspecified atom stereocenters. The number of amidine groups is 1. The van der Waals surface area contributed by atoms with Gasteiger partial charge < -0.3 is 10.5 Å². The molecule has 0 saturated heterocycles. The normalized spacial score (nSPS) is 11.2. The quantitative estimate of drug-likeness (QED) is 0.664. The van der Waals surface area contributed by atoms with Crippen molar-refractivity contribution >= 4 is 5.84 Å². The van der Waals surface area contributed by atoms with Crippen molar-refractivity contribution in [1.29, 1.82) is 5.41 Å². The summed E-state index contributed by atoms with van der Waals surface area (Å²) in [4.78, 5) is 0. The predicted octanol–water partition coefficient (Wildman–Crippen LogP) is 3.78. The third-order valence-corrected chi connectivity index (χ3v) is 2.58. The van der Waals surface area contributed by atoms with Gasteiger partial charge in [0.2, 0.25) is 0 Å². The largest absolute Gasteiger partial charge is 0.457 e. The van der Waals surface area contributed by atoms with Crippen LogP contribution in [0.15, 0.2) is 48.5 Å². The molecule has 0 atom stereocenters. The lowest BCUT2D eigenvalue weighted by molar-refractivity contribution is -0.137. The van der Waals surface area contributed by atoms with Crippen LogP contribution >= 0.6 is 0 Å². The average Bonchev–Trinajstić information content (AvgIpc) is 2.39. The van der Waals surface area contributed by atoms with Crippen LogP contribution in [0.5, 0.6) is 11.5 Å². The molecule has 2 aromatic carbocycles. The van der Waals surface area contributed by atoms with Gasteiger partial charge in [-0.05, 0) is 48.5 Å². The zero-order valence-electron chi connectivity index (χ0n) is 10.2. The Morgan fingerprint density at radius 2 is 1.35 bits per heavy atom. The highest BCUT2D eigenvalue weighted by atomic mass is 19.4. The molecule has 0 aromatic heterocycles. The summed E-state index contributed by atoms with van der Waals surface area (Å²) in [5.74, 6) is 0.689. The van der Waals surface area contributed by atoms with Crippen molar-refractivity contribution in [3.05, 3.63) is 59.7 Å². The van der Waals surface area contributed by atoms with Crippen LogP contribution in [0.25, 0.3) is 0 Å². The minimum Gasteiger partial charge on any atom is -0.457 e. The first-order valence-corrected chi connectivity index (χ1v) is 5.66. The Labute approximate surface area is 113 Å². The summed E-state index contributed by atoms with van der Waals surface area (Å²) in [5, 5.41) is 7.24. The summed E-state index contributed by atoms with van der Waals surface area (Å²) in [5.41, 5.74) is 5.13. The molecule has 0 amide bonds. The molecule has 0 heterocycles. The van der Waals surface area contributed by atoms with Crippen molar-refractivity contribution in [3.63, 3.8) is 0 Å². The Balaban J connectivity index is 2.12. The van der Waals surface area contributed by atoms with E-state index in [0.29, 0.717) is 17.1 Å². The van der Waals surface area contributed by atoms with Crippen LogP contribution in [0, 0.1) is 5.41 Å². The maximum atomic E-state index is 12.4. The Bertz CT molecular complexity index is 604. The van der Waals surface area contributed by atoms with Gasteiger partial charge in [0.05, 0.1) is 5.56 Å². The first-order valence-electron chi connectivity index (χ1n) is 5.66.